The van der Waals surface area contributed by atoms with Gasteiger partial charge in [0.1, 0.15) is 0 Å². The van der Waals surface area contributed by atoms with Crippen LogP contribution < -0.4 is 0 Å². The molecule has 7 heteroatoms. The van der Waals surface area contributed by atoms with Crippen LogP contribution >= 0.6 is 22.3 Å². The third-order valence-corrected chi connectivity index (χ3v) is 4.73. The summed E-state index contributed by atoms with van der Waals surface area (Å²) in [6.07, 6.45) is 1.79. The van der Waals surface area contributed by atoms with E-state index in [0.717, 1.165) is 18.9 Å². The first kappa shape index (κ1) is 17.3. The zero-order valence-electron chi connectivity index (χ0n) is 11.2. The van der Waals surface area contributed by atoms with Crippen molar-refractivity contribution in [2.24, 2.45) is 5.92 Å². The van der Waals surface area contributed by atoms with Gasteiger partial charge in [-0.15, -0.1) is 0 Å². The van der Waals surface area contributed by atoms with Crippen molar-refractivity contribution in [1.82, 2.24) is 0 Å². The first-order valence-corrected chi connectivity index (χ1v) is 8.89. The van der Waals surface area contributed by atoms with Gasteiger partial charge in [0.15, 0.2) is 0 Å². The summed E-state index contributed by atoms with van der Waals surface area (Å²) in [6.45, 7) is 4.30. The van der Waals surface area contributed by atoms with E-state index in [1.165, 1.54) is 12.1 Å². The summed E-state index contributed by atoms with van der Waals surface area (Å²) in [6, 6.07) is 3.67. The zero-order chi connectivity index (χ0) is 15.3. The van der Waals surface area contributed by atoms with Crippen LogP contribution in [-0.4, -0.2) is 21.0 Å². The molecule has 0 saturated heterocycles. The molecule has 0 fully saturated rings. The number of hydrogen-bond donors (Lipinski definition) is 0. The van der Waals surface area contributed by atoms with E-state index in [1.54, 1.807) is 0 Å². The molecule has 0 saturated carbocycles. The van der Waals surface area contributed by atoms with Gasteiger partial charge in [0.25, 0.3) is 9.05 Å². The number of halogens is 2. The lowest BCUT2D eigenvalue weighted by molar-refractivity contribution is 0.0433. The van der Waals surface area contributed by atoms with E-state index in [4.69, 9.17) is 27.0 Å². The Bertz CT molecular complexity index is 580. The van der Waals surface area contributed by atoms with Gasteiger partial charge in [-0.05, 0) is 24.1 Å². The van der Waals surface area contributed by atoms with Crippen LogP contribution in [-0.2, 0) is 13.8 Å². The van der Waals surface area contributed by atoms with Gasteiger partial charge in [-0.25, -0.2) is 13.2 Å². The predicted molar refractivity (Wildman–Crippen MR) is 78.8 cm³/mol. The Morgan fingerprint density at radius 1 is 1.30 bits per heavy atom. The van der Waals surface area contributed by atoms with Crippen molar-refractivity contribution in [3.05, 3.63) is 28.8 Å². The number of benzene rings is 1. The minimum atomic E-state index is -3.91. The van der Waals surface area contributed by atoms with Gasteiger partial charge in [0.05, 0.1) is 22.1 Å². The SMILES string of the molecule is CCC(CC)COC(=O)c1cc(S(=O)(=O)Cl)ccc1Cl. The summed E-state index contributed by atoms with van der Waals surface area (Å²) in [5.74, 6) is -0.373. The number of carbonyl (C=O) groups excluding carboxylic acids is 1. The molecule has 1 rings (SSSR count). The normalized spacial score (nSPS) is 11.7. The van der Waals surface area contributed by atoms with Crippen LogP contribution in [0.1, 0.15) is 37.0 Å². The van der Waals surface area contributed by atoms with E-state index in [0.29, 0.717) is 0 Å². The highest BCUT2D eigenvalue weighted by Gasteiger charge is 2.18. The molecule has 0 aliphatic rings. The summed E-state index contributed by atoms with van der Waals surface area (Å²) in [4.78, 5) is 11.8. The summed E-state index contributed by atoms with van der Waals surface area (Å²) < 4.78 is 27.7. The van der Waals surface area contributed by atoms with Gasteiger partial charge in [-0.2, -0.15) is 0 Å². The lowest BCUT2D eigenvalue weighted by Crippen LogP contribution is -2.14. The molecule has 20 heavy (non-hydrogen) atoms. The fourth-order valence-electron chi connectivity index (χ4n) is 1.61. The van der Waals surface area contributed by atoms with Gasteiger partial charge < -0.3 is 4.74 Å². The van der Waals surface area contributed by atoms with Crippen LogP contribution in [0.25, 0.3) is 0 Å². The molecule has 0 amide bonds. The largest absolute Gasteiger partial charge is 0.462 e. The summed E-state index contributed by atoms with van der Waals surface area (Å²) in [5.41, 5.74) is -0.000604. The van der Waals surface area contributed by atoms with Gasteiger partial charge in [-0.1, -0.05) is 38.3 Å². The molecule has 1 aromatic carbocycles. The number of esters is 1. The van der Waals surface area contributed by atoms with Gasteiger partial charge in [0, 0.05) is 10.7 Å². The van der Waals surface area contributed by atoms with Crippen molar-refractivity contribution in [2.75, 3.05) is 6.61 Å². The number of carbonyl (C=O) groups is 1. The van der Waals surface area contributed by atoms with Gasteiger partial charge >= 0.3 is 5.97 Å². The lowest BCUT2D eigenvalue weighted by Gasteiger charge is -2.13. The summed E-state index contributed by atoms with van der Waals surface area (Å²) in [7, 11) is 1.33. The van der Waals surface area contributed by atoms with Gasteiger partial charge in [0.2, 0.25) is 0 Å². The second kappa shape index (κ2) is 7.29. The Morgan fingerprint density at radius 2 is 1.90 bits per heavy atom. The number of rotatable bonds is 6. The predicted octanol–water partition coefficient (Wildman–Crippen LogP) is 3.86. The maximum atomic E-state index is 11.9. The molecule has 0 aliphatic carbocycles. The molecule has 0 bridgehead atoms. The van der Waals surface area contributed by atoms with Crippen molar-refractivity contribution in [2.45, 2.75) is 31.6 Å². The third kappa shape index (κ3) is 4.65. The molecule has 0 aromatic heterocycles. The van der Waals surface area contributed by atoms with Crippen LogP contribution in [0.4, 0.5) is 0 Å². The molecule has 112 valence electrons. The van der Waals surface area contributed by atoms with Crippen LogP contribution in [0.2, 0.25) is 5.02 Å². The highest BCUT2D eigenvalue weighted by Crippen LogP contribution is 2.24. The molecule has 0 heterocycles. The Hall–Kier alpha value is -0.780. The van der Waals surface area contributed by atoms with E-state index >= 15 is 0 Å². The lowest BCUT2D eigenvalue weighted by atomic mass is 10.1. The average Bonchev–Trinajstić information content (AvgIpc) is 2.38. The smallest absolute Gasteiger partial charge is 0.339 e. The molecule has 1 aromatic rings. The summed E-state index contributed by atoms with van der Waals surface area (Å²) >= 11 is 5.89. The van der Waals surface area contributed by atoms with E-state index in [1.807, 2.05) is 13.8 Å². The molecule has 0 spiro atoms. The molecule has 0 unspecified atom stereocenters. The first-order chi connectivity index (χ1) is 9.29. The molecule has 0 aliphatic heterocycles. The van der Waals surface area contributed by atoms with E-state index in [2.05, 4.69) is 0 Å². The minimum Gasteiger partial charge on any atom is -0.462 e. The Morgan fingerprint density at radius 3 is 2.40 bits per heavy atom. The molecule has 0 radical (unpaired) electrons. The Kier molecular flexibility index (Phi) is 6.30. The Labute approximate surface area is 128 Å². The van der Waals surface area contributed by atoms with Crippen molar-refractivity contribution >= 4 is 37.3 Å². The van der Waals surface area contributed by atoms with Crippen LogP contribution in [0.15, 0.2) is 23.1 Å². The molecular weight excluding hydrogens is 323 g/mol. The zero-order valence-corrected chi connectivity index (χ0v) is 13.6. The second-order valence-electron chi connectivity index (χ2n) is 4.36. The topological polar surface area (TPSA) is 60.4 Å². The number of hydrogen-bond acceptors (Lipinski definition) is 4. The van der Waals surface area contributed by atoms with Crippen molar-refractivity contribution in [3.8, 4) is 0 Å². The van der Waals surface area contributed by atoms with E-state index in [-0.39, 0.29) is 28.0 Å². The van der Waals surface area contributed by atoms with Crippen molar-refractivity contribution < 1.29 is 17.9 Å². The van der Waals surface area contributed by atoms with E-state index in [9.17, 15) is 13.2 Å². The minimum absolute atomic E-state index is 0.000604. The molecule has 0 atom stereocenters. The number of ether oxygens (including phenoxy) is 1. The fraction of sp³-hybridized carbons (Fsp3) is 0.462. The highest BCUT2D eigenvalue weighted by molar-refractivity contribution is 8.13. The van der Waals surface area contributed by atoms with Crippen molar-refractivity contribution in [1.29, 1.82) is 0 Å². The fourth-order valence-corrected chi connectivity index (χ4v) is 2.58. The maximum Gasteiger partial charge on any atom is 0.339 e. The monoisotopic (exact) mass is 338 g/mol. The summed E-state index contributed by atoms with van der Waals surface area (Å²) in [5, 5.41) is 0.128. The van der Waals surface area contributed by atoms with Gasteiger partial charge in [-0.3, -0.25) is 0 Å². The second-order valence-corrected chi connectivity index (χ2v) is 7.33. The van der Waals surface area contributed by atoms with E-state index < -0.39 is 15.0 Å². The molecular formula is C13H16Cl2O4S. The van der Waals surface area contributed by atoms with Crippen LogP contribution in [0.3, 0.4) is 0 Å². The third-order valence-electron chi connectivity index (χ3n) is 3.04. The van der Waals surface area contributed by atoms with Crippen molar-refractivity contribution in [3.63, 3.8) is 0 Å². The average molecular weight is 339 g/mol. The maximum absolute atomic E-state index is 11.9. The molecule has 0 N–H and O–H groups in total. The quantitative estimate of drug-likeness (QED) is 0.583. The van der Waals surface area contributed by atoms with Crippen LogP contribution in [0, 0.1) is 5.92 Å². The Balaban J connectivity index is 2.93. The highest BCUT2D eigenvalue weighted by atomic mass is 35.7. The molecule has 4 nitrogen and oxygen atoms in total. The van der Waals surface area contributed by atoms with Crippen LogP contribution in [0.5, 0.6) is 0 Å². The standard InChI is InChI=1S/C13H16Cl2O4S/c1-3-9(4-2)8-19-13(16)11-7-10(20(15,17)18)5-6-12(11)14/h5-7,9H,3-4,8H2,1-2H3. The first-order valence-electron chi connectivity index (χ1n) is 6.20.